The Morgan fingerprint density at radius 3 is 2.15 bits per heavy atom. The van der Waals surface area contributed by atoms with Crippen molar-refractivity contribution in [3.8, 4) is 17.2 Å². The van der Waals surface area contributed by atoms with Crippen LogP contribution in [0.3, 0.4) is 0 Å². The number of nitriles is 1. The van der Waals surface area contributed by atoms with Crippen molar-refractivity contribution in [3.63, 3.8) is 0 Å². The van der Waals surface area contributed by atoms with Crippen molar-refractivity contribution in [2.45, 2.75) is 18.8 Å². The molecular weight excluding hydrogens is 448 g/mol. The van der Waals surface area contributed by atoms with Gasteiger partial charge in [-0.25, -0.2) is 0 Å². The van der Waals surface area contributed by atoms with Gasteiger partial charge >= 0.3 is 12.4 Å². The highest BCUT2D eigenvalue weighted by Crippen LogP contribution is 2.37. The van der Waals surface area contributed by atoms with Gasteiger partial charge in [-0.1, -0.05) is 24.3 Å². The minimum absolute atomic E-state index is 0.0373. The zero-order valence-corrected chi connectivity index (χ0v) is 17.0. The average Bonchev–Trinajstić information content (AvgIpc) is 2.77. The third-order valence-electron chi connectivity index (χ3n) is 4.88. The van der Waals surface area contributed by atoms with Gasteiger partial charge in [-0.15, -0.1) is 0 Å². The molecule has 1 amide bonds. The molecule has 0 N–H and O–H groups in total. The van der Waals surface area contributed by atoms with Crippen LogP contribution >= 0.6 is 0 Å². The normalized spacial score (nSPS) is 11.7. The molecule has 4 nitrogen and oxygen atoms in total. The number of nitrogens with zero attached hydrogens (tertiary/aromatic N) is 3. The lowest BCUT2D eigenvalue weighted by molar-refractivity contribution is -0.143. The molecule has 3 aromatic rings. The number of anilines is 1. The van der Waals surface area contributed by atoms with Gasteiger partial charge in [0.15, 0.2) is 0 Å². The minimum atomic E-state index is -5.08. The highest BCUT2D eigenvalue weighted by atomic mass is 19.4. The number of carbonyl (C=O) groups excluding carboxylic acids is 1. The first-order valence-corrected chi connectivity index (χ1v) is 9.40. The molecule has 0 aliphatic rings. The van der Waals surface area contributed by atoms with Gasteiger partial charge in [0.2, 0.25) is 0 Å². The predicted molar refractivity (Wildman–Crippen MR) is 108 cm³/mol. The number of rotatable bonds is 4. The van der Waals surface area contributed by atoms with Crippen molar-refractivity contribution in [2.75, 3.05) is 11.9 Å². The maximum absolute atomic E-state index is 13.2. The second-order valence-corrected chi connectivity index (χ2v) is 7.04. The Morgan fingerprint density at radius 2 is 1.58 bits per heavy atom. The van der Waals surface area contributed by atoms with E-state index in [1.807, 2.05) is 6.07 Å². The molecule has 0 radical (unpaired) electrons. The van der Waals surface area contributed by atoms with Gasteiger partial charge < -0.3 is 4.90 Å². The van der Waals surface area contributed by atoms with Crippen LogP contribution in [0.1, 0.15) is 27.0 Å². The van der Waals surface area contributed by atoms with E-state index in [-0.39, 0.29) is 18.2 Å². The Bertz CT molecular complexity index is 1200. The molecule has 1 aromatic heterocycles. The molecule has 0 atom stereocenters. The summed E-state index contributed by atoms with van der Waals surface area (Å²) in [5, 5.41) is 9.08. The molecule has 1 heterocycles. The lowest BCUT2D eigenvalue weighted by atomic mass is 9.97. The number of amides is 1. The fourth-order valence-electron chi connectivity index (χ4n) is 3.28. The Balaban J connectivity index is 2.11. The largest absolute Gasteiger partial charge is 0.416 e. The van der Waals surface area contributed by atoms with Crippen molar-refractivity contribution in [1.82, 2.24) is 4.98 Å². The summed E-state index contributed by atoms with van der Waals surface area (Å²) in [6.07, 6.45) is -7.41. The first kappa shape index (κ1) is 23.8. The van der Waals surface area contributed by atoms with Crippen LogP contribution < -0.4 is 4.90 Å². The van der Waals surface area contributed by atoms with Gasteiger partial charge in [-0.3, -0.25) is 9.78 Å². The number of hydrogen-bond acceptors (Lipinski definition) is 3. The van der Waals surface area contributed by atoms with E-state index in [9.17, 15) is 31.1 Å². The number of halogens is 6. The summed E-state index contributed by atoms with van der Waals surface area (Å²) in [6, 6.07) is 11.1. The summed E-state index contributed by atoms with van der Waals surface area (Å²) >= 11 is 0. The van der Waals surface area contributed by atoms with Crippen molar-refractivity contribution in [1.29, 1.82) is 5.26 Å². The van der Waals surface area contributed by atoms with Gasteiger partial charge in [-0.2, -0.15) is 31.6 Å². The predicted octanol–water partition coefficient (Wildman–Crippen LogP) is 6.13. The van der Waals surface area contributed by atoms with E-state index >= 15 is 0 Å². The Morgan fingerprint density at radius 1 is 0.970 bits per heavy atom. The van der Waals surface area contributed by atoms with Crippen molar-refractivity contribution < 1.29 is 31.1 Å². The summed E-state index contributed by atoms with van der Waals surface area (Å²) in [6.45, 7) is 0. The summed E-state index contributed by atoms with van der Waals surface area (Å²) < 4.78 is 79.2. The summed E-state index contributed by atoms with van der Waals surface area (Å²) in [5.74, 6) is -1.08. The number of aromatic nitrogens is 1. The molecule has 2 aromatic carbocycles. The average molecular weight is 463 g/mol. The molecule has 10 heteroatoms. The van der Waals surface area contributed by atoms with E-state index in [0.717, 1.165) is 4.90 Å². The summed E-state index contributed by atoms with van der Waals surface area (Å²) in [5.41, 5.74) is -2.14. The molecule has 0 saturated carbocycles. The summed E-state index contributed by atoms with van der Waals surface area (Å²) in [7, 11) is 1.23. The second-order valence-electron chi connectivity index (χ2n) is 7.04. The number of carbonyl (C=O) groups is 1. The molecular formula is C23H15F6N3O. The molecule has 0 fully saturated rings. The maximum atomic E-state index is 13.2. The number of alkyl halides is 6. The van der Waals surface area contributed by atoms with Gasteiger partial charge in [0.05, 0.1) is 35.5 Å². The monoisotopic (exact) mass is 463 g/mol. The Kier molecular flexibility index (Phi) is 6.44. The van der Waals surface area contributed by atoms with Gasteiger partial charge in [0.25, 0.3) is 5.91 Å². The van der Waals surface area contributed by atoms with Crippen LogP contribution in [0.15, 0.2) is 60.9 Å². The topological polar surface area (TPSA) is 57.0 Å². The molecule has 0 bridgehead atoms. The molecule has 3 rings (SSSR count). The maximum Gasteiger partial charge on any atom is 0.416 e. The third kappa shape index (κ3) is 5.14. The number of pyridine rings is 1. The van der Waals surface area contributed by atoms with E-state index in [1.54, 1.807) is 30.3 Å². The van der Waals surface area contributed by atoms with E-state index < -0.39 is 35.0 Å². The van der Waals surface area contributed by atoms with Gasteiger partial charge in [-0.05, 0) is 35.4 Å². The van der Waals surface area contributed by atoms with E-state index in [1.165, 1.54) is 19.4 Å². The third-order valence-corrected chi connectivity index (χ3v) is 4.88. The number of benzene rings is 2. The lowest BCUT2D eigenvalue weighted by Gasteiger charge is -2.22. The standard InChI is InChI=1S/C23H15F6N3O/c1-32(20-13-31-9-7-19(20)18-5-3-2-4-14(18)6-8-30)21(33)15-10-16(22(24,25)26)12-17(11-15)23(27,28)29/h2-5,7,9-13H,6H2,1H3. The van der Waals surface area contributed by atoms with Crippen molar-refractivity contribution in [2.24, 2.45) is 0 Å². The van der Waals surface area contributed by atoms with Crippen LogP contribution in [0.25, 0.3) is 11.1 Å². The molecule has 0 aliphatic heterocycles. The molecule has 0 unspecified atom stereocenters. The molecule has 33 heavy (non-hydrogen) atoms. The Hall–Kier alpha value is -3.87. The van der Waals surface area contributed by atoms with Gasteiger partial charge in [0.1, 0.15) is 0 Å². The number of hydrogen-bond donors (Lipinski definition) is 0. The SMILES string of the molecule is CN(C(=O)c1cc(C(F)(F)F)cc(C(F)(F)F)c1)c1cnccc1-c1ccccc1CC#N. The van der Waals surface area contributed by atoms with E-state index in [0.29, 0.717) is 28.8 Å². The zero-order valence-electron chi connectivity index (χ0n) is 17.0. The van der Waals surface area contributed by atoms with Crippen LogP contribution in [0.5, 0.6) is 0 Å². The quantitative estimate of drug-likeness (QED) is 0.438. The van der Waals surface area contributed by atoms with E-state index in [2.05, 4.69) is 4.98 Å². The first-order valence-electron chi connectivity index (χ1n) is 9.40. The van der Waals surface area contributed by atoms with Crippen LogP contribution in [-0.2, 0) is 18.8 Å². The van der Waals surface area contributed by atoms with Crippen LogP contribution in [0.2, 0.25) is 0 Å². The molecule has 170 valence electrons. The lowest BCUT2D eigenvalue weighted by Crippen LogP contribution is -2.28. The first-order chi connectivity index (χ1) is 15.4. The zero-order chi connectivity index (χ0) is 24.4. The fraction of sp³-hybridized carbons (Fsp3) is 0.174. The molecule has 0 aliphatic carbocycles. The van der Waals surface area contributed by atoms with Crippen LogP contribution in [-0.4, -0.2) is 17.9 Å². The van der Waals surface area contributed by atoms with Crippen LogP contribution in [0.4, 0.5) is 32.0 Å². The second kappa shape index (κ2) is 8.94. The van der Waals surface area contributed by atoms with Gasteiger partial charge in [0, 0.05) is 24.4 Å². The van der Waals surface area contributed by atoms with Crippen molar-refractivity contribution in [3.05, 3.63) is 83.2 Å². The minimum Gasteiger partial charge on any atom is -0.309 e. The van der Waals surface area contributed by atoms with Crippen molar-refractivity contribution >= 4 is 11.6 Å². The van der Waals surface area contributed by atoms with Crippen LogP contribution in [0, 0.1) is 11.3 Å². The summed E-state index contributed by atoms with van der Waals surface area (Å²) in [4.78, 5) is 17.9. The smallest absolute Gasteiger partial charge is 0.309 e. The highest BCUT2D eigenvalue weighted by Gasteiger charge is 2.38. The van der Waals surface area contributed by atoms with E-state index in [4.69, 9.17) is 5.26 Å². The fourth-order valence-corrected chi connectivity index (χ4v) is 3.28. The highest BCUT2D eigenvalue weighted by molar-refractivity contribution is 6.08. The molecule has 0 saturated heterocycles. The molecule has 0 spiro atoms. The Labute approximate surface area is 184 Å².